The number of hydrogen-bond donors (Lipinski definition) is 1. The topological polar surface area (TPSA) is 69.7 Å². The molecular formula is C23H26Cl2FN3O3S. The molecule has 1 aliphatic carbocycles. The number of nitrogens with one attached hydrogen (secondary N) is 1. The van der Waals surface area contributed by atoms with Crippen molar-refractivity contribution in [1.82, 2.24) is 9.62 Å². The Morgan fingerprint density at radius 2 is 1.67 bits per heavy atom. The second kappa shape index (κ2) is 9.41. The van der Waals surface area contributed by atoms with Gasteiger partial charge in [-0.25, -0.2) is 17.5 Å². The zero-order chi connectivity index (χ0) is 23.9. The number of amides is 1. The van der Waals surface area contributed by atoms with E-state index in [1.54, 1.807) is 0 Å². The third-order valence-electron chi connectivity index (χ3n) is 6.13. The van der Waals surface area contributed by atoms with Crippen molar-refractivity contribution in [3.8, 4) is 0 Å². The molecule has 178 valence electrons. The van der Waals surface area contributed by atoms with E-state index in [1.807, 2.05) is 18.6 Å². The Morgan fingerprint density at radius 3 is 2.24 bits per heavy atom. The van der Waals surface area contributed by atoms with E-state index in [1.165, 1.54) is 12.1 Å². The van der Waals surface area contributed by atoms with Gasteiger partial charge in [-0.15, -0.1) is 0 Å². The van der Waals surface area contributed by atoms with Crippen molar-refractivity contribution in [2.45, 2.75) is 38.5 Å². The molecule has 2 aromatic rings. The SMILES string of the molecule is Cc1cc(N2CCN(Cc3cc(F)c(C(=O)NS(=O)(=O)C4CC4)cc3Cl)CC2)cc(C)c1Cl. The second-order valence-corrected chi connectivity index (χ2v) is 11.5. The molecular weight excluding hydrogens is 488 g/mol. The number of carbonyl (C=O) groups is 1. The van der Waals surface area contributed by atoms with Crippen molar-refractivity contribution in [2.75, 3.05) is 31.1 Å². The molecule has 1 saturated carbocycles. The molecule has 33 heavy (non-hydrogen) atoms. The van der Waals surface area contributed by atoms with Crippen LogP contribution in [0.1, 0.15) is 39.9 Å². The van der Waals surface area contributed by atoms with E-state index in [4.69, 9.17) is 23.2 Å². The van der Waals surface area contributed by atoms with Crippen LogP contribution in [0.25, 0.3) is 0 Å². The number of anilines is 1. The standard InChI is InChI=1S/C23H26Cl2FN3O3S/c1-14-9-17(10-15(2)22(14)25)29-7-5-28(6-8-29)13-16-11-21(26)19(12-20(16)24)23(30)27-33(31,32)18-3-4-18/h9-12,18H,3-8,13H2,1-2H3,(H,27,30). The van der Waals surface area contributed by atoms with Crippen molar-refractivity contribution >= 4 is 44.8 Å². The molecule has 4 rings (SSSR count). The Morgan fingerprint density at radius 1 is 1.06 bits per heavy atom. The minimum absolute atomic E-state index is 0.233. The van der Waals surface area contributed by atoms with Gasteiger partial charge in [-0.3, -0.25) is 9.69 Å². The van der Waals surface area contributed by atoms with Crippen LogP contribution in [0.5, 0.6) is 0 Å². The van der Waals surface area contributed by atoms with Crippen LogP contribution in [-0.4, -0.2) is 50.7 Å². The molecule has 0 radical (unpaired) electrons. The summed E-state index contributed by atoms with van der Waals surface area (Å²) in [6.45, 7) is 7.57. The molecule has 1 saturated heterocycles. The maximum atomic E-state index is 14.7. The number of rotatable bonds is 6. The summed E-state index contributed by atoms with van der Waals surface area (Å²) in [5.74, 6) is -1.78. The van der Waals surface area contributed by atoms with Crippen LogP contribution in [0.3, 0.4) is 0 Å². The number of carbonyl (C=O) groups excluding carboxylic acids is 1. The van der Waals surface area contributed by atoms with Gasteiger partial charge in [0.25, 0.3) is 5.91 Å². The van der Waals surface area contributed by atoms with E-state index in [2.05, 4.69) is 21.9 Å². The zero-order valence-corrected chi connectivity index (χ0v) is 20.8. The lowest BCUT2D eigenvalue weighted by molar-refractivity contribution is 0.0977. The number of aryl methyl sites for hydroxylation is 2. The van der Waals surface area contributed by atoms with E-state index in [0.29, 0.717) is 24.9 Å². The maximum absolute atomic E-state index is 14.7. The molecule has 2 aliphatic rings. The zero-order valence-electron chi connectivity index (χ0n) is 18.5. The molecule has 0 atom stereocenters. The molecule has 1 amide bonds. The van der Waals surface area contributed by atoms with Crippen molar-refractivity contribution < 1.29 is 17.6 Å². The van der Waals surface area contributed by atoms with Crippen LogP contribution in [0, 0.1) is 19.7 Å². The van der Waals surface area contributed by atoms with E-state index in [0.717, 1.165) is 48.0 Å². The Balaban J connectivity index is 1.40. The Bertz CT molecular complexity index is 1170. The summed E-state index contributed by atoms with van der Waals surface area (Å²) < 4.78 is 40.6. The smallest absolute Gasteiger partial charge is 0.267 e. The molecule has 1 N–H and O–H groups in total. The Hall–Kier alpha value is -1.87. The molecule has 0 unspecified atom stereocenters. The summed E-state index contributed by atoms with van der Waals surface area (Å²) in [6.07, 6.45) is 1.02. The van der Waals surface area contributed by atoms with E-state index in [-0.39, 0.29) is 10.6 Å². The second-order valence-electron chi connectivity index (χ2n) is 8.76. The van der Waals surface area contributed by atoms with Crippen molar-refractivity contribution in [3.63, 3.8) is 0 Å². The first-order valence-corrected chi connectivity index (χ1v) is 13.1. The summed E-state index contributed by atoms with van der Waals surface area (Å²) in [5.41, 5.74) is 3.42. The maximum Gasteiger partial charge on any atom is 0.267 e. The number of nitrogens with zero attached hydrogens (tertiary/aromatic N) is 2. The highest BCUT2D eigenvalue weighted by molar-refractivity contribution is 7.91. The fourth-order valence-corrected chi connectivity index (χ4v) is 5.66. The van der Waals surface area contributed by atoms with Gasteiger partial charge in [0.1, 0.15) is 5.82 Å². The van der Waals surface area contributed by atoms with Gasteiger partial charge in [0.2, 0.25) is 10.0 Å². The van der Waals surface area contributed by atoms with Crippen molar-refractivity contribution in [3.05, 3.63) is 62.4 Å². The summed E-state index contributed by atoms with van der Waals surface area (Å²) >= 11 is 12.6. The Kier molecular flexibility index (Phi) is 6.92. The molecule has 10 heteroatoms. The van der Waals surface area contributed by atoms with Crippen LogP contribution < -0.4 is 9.62 Å². The van der Waals surface area contributed by atoms with Gasteiger partial charge in [-0.1, -0.05) is 23.2 Å². The van der Waals surface area contributed by atoms with Crippen molar-refractivity contribution in [2.24, 2.45) is 0 Å². The number of benzene rings is 2. The van der Waals surface area contributed by atoms with Crippen LogP contribution in [-0.2, 0) is 16.6 Å². The highest BCUT2D eigenvalue weighted by Gasteiger charge is 2.37. The van der Waals surface area contributed by atoms with Crippen molar-refractivity contribution in [1.29, 1.82) is 0 Å². The average Bonchev–Trinajstić information content (AvgIpc) is 3.60. The number of hydrogen-bond acceptors (Lipinski definition) is 5. The normalized spacial score (nSPS) is 17.3. The van der Waals surface area contributed by atoms with Gasteiger partial charge in [0, 0.05) is 48.5 Å². The van der Waals surface area contributed by atoms with Crippen LogP contribution in [0.2, 0.25) is 10.0 Å². The average molecular weight is 514 g/mol. The third kappa shape index (κ3) is 5.45. The molecule has 0 aromatic heterocycles. The van der Waals surface area contributed by atoms with Crippen LogP contribution in [0.15, 0.2) is 24.3 Å². The first-order chi connectivity index (χ1) is 15.5. The van der Waals surface area contributed by atoms with Crippen LogP contribution >= 0.6 is 23.2 Å². The largest absolute Gasteiger partial charge is 0.369 e. The lowest BCUT2D eigenvalue weighted by Crippen LogP contribution is -2.46. The fraction of sp³-hybridized carbons (Fsp3) is 0.435. The molecule has 2 fully saturated rings. The van der Waals surface area contributed by atoms with E-state index in [9.17, 15) is 17.6 Å². The minimum atomic E-state index is -3.76. The highest BCUT2D eigenvalue weighted by Crippen LogP contribution is 2.29. The summed E-state index contributed by atoms with van der Waals surface area (Å²) in [5, 5.41) is 0.451. The molecule has 0 spiro atoms. The van der Waals surface area contributed by atoms with Gasteiger partial charge >= 0.3 is 0 Å². The number of piperazine rings is 1. The molecule has 0 bridgehead atoms. The summed E-state index contributed by atoms with van der Waals surface area (Å²) in [6, 6.07) is 6.60. The van der Waals surface area contributed by atoms with Gasteiger partial charge < -0.3 is 4.90 Å². The predicted molar refractivity (Wildman–Crippen MR) is 129 cm³/mol. The lowest BCUT2D eigenvalue weighted by Gasteiger charge is -2.36. The van der Waals surface area contributed by atoms with E-state index >= 15 is 0 Å². The van der Waals surface area contributed by atoms with E-state index < -0.39 is 27.0 Å². The van der Waals surface area contributed by atoms with Gasteiger partial charge in [-0.05, 0) is 67.6 Å². The fourth-order valence-electron chi connectivity index (χ4n) is 4.04. The lowest BCUT2D eigenvalue weighted by atomic mass is 10.1. The predicted octanol–water partition coefficient (Wildman–Crippen LogP) is 4.29. The first kappa shape index (κ1) is 24.3. The van der Waals surface area contributed by atoms with Gasteiger partial charge in [0.15, 0.2) is 0 Å². The first-order valence-electron chi connectivity index (χ1n) is 10.8. The third-order valence-corrected chi connectivity index (χ3v) is 8.90. The minimum Gasteiger partial charge on any atom is -0.369 e. The molecule has 1 aliphatic heterocycles. The van der Waals surface area contributed by atoms with Crippen LogP contribution in [0.4, 0.5) is 10.1 Å². The van der Waals surface area contributed by atoms with Gasteiger partial charge in [-0.2, -0.15) is 0 Å². The number of halogens is 3. The highest BCUT2D eigenvalue weighted by atomic mass is 35.5. The molecule has 2 aromatic carbocycles. The molecule has 1 heterocycles. The monoisotopic (exact) mass is 513 g/mol. The summed E-state index contributed by atoms with van der Waals surface area (Å²) in [4.78, 5) is 16.8. The Labute approximate surface area is 203 Å². The summed E-state index contributed by atoms with van der Waals surface area (Å²) in [7, 11) is -3.76. The van der Waals surface area contributed by atoms with Gasteiger partial charge in [0.05, 0.1) is 10.8 Å². The molecule has 6 nitrogen and oxygen atoms in total. The number of sulfonamides is 1. The quantitative estimate of drug-likeness (QED) is 0.623.